The molecule has 0 bridgehead atoms. The van der Waals surface area contributed by atoms with E-state index in [0.29, 0.717) is 0 Å². The van der Waals surface area contributed by atoms with Gasteiger partial charge >= 0.3 is 0 Å². The summed E-state index contributed by atoms with van der Waals surface area (Å²) < 4.78 is 1.86. The summed E-state index contributed by atoms with van der Waals surface area (Å²) >= 11 is 5.76. The molecule has 0 amide bonds. The number of rotatable bonds is 1. The highest BCUT2D eigenvalue weighted by atomic mass is 35.5. The second-order valence-corrected chi connectivity index (χ2v) is 3.32. The second-order valence-electron chi connectivity index (χ2n) is 2.98. The molecule has 2 rings (SSSR count). The van der Waals surface area contributed by atoms with Crippen molar-refractivity contribution in [2.24, 2.45) is 0 Å². The van der Waals surface area contributed by atoms with Crippen molar-refractivity contribution >= 4 is 11.6 Å². The molecule has 0 aliphatic carbocycles. The smallest absolute Gasteiger partial charge is 0.224 e. The molecule has 72 valence electrons. The average molecular weight is 209 g/mol. The average Bonchev–Trinajstić information content (AvgIpc) is 2.49. The van der Waals surface area contributed by atoms with E-state index in [9.17, 15) is 0 Å². The van der Waals surface area contributed by atoms with E-state index in [4.69, 9.17) is 11.6 Å². The quantitative estimate of drug-likeness (QED) is 0.673. The maximum Gasteiger partial charge on any atom is 0.224 e. The Morgan fingerprint density at radius 1 is 1.29 bits per heavy atom. The Kier molecular flexibility index (Phi) is 2.21. The lowest BCUT2D eigenvalue weighted by atomic mass is 10.4. The van der Waals surface area contributed by atoms with E-state index in [1.165, 1.54) is 0 Å². The van der Waals surface area contributed by atoms with Crippen molar-refractivity contribution in [2.75, 3.05) is 0 Å². The van der Waals surface area contributed by atoms with Crippen molar-refractivity contribution in [3.05, 3.63) is 35.3 Å². The number of halogens is 1. The first kappa shape index (κ1) is 9.15. The summed E-state index contributed by atoms with van der Waals surface area (Å²) in [6, 6.07) is 1.86. The molecule has 4 nitrogen and oxygen atoms in total. The summed E-state index contributed by atoms with van der Waals surface area (Å²) in [5, 5.41) is 0.258. The van der Waals surface area contributed by atoms with Crippen LogP contribution in [-0.4, -0.2) is 19.5 Å². The Bertz CT molecular complexity index is 443. The first-order valence-electron chi connectivity index (χ1n) is 4.18. The molecule has 0 N–H and O–H groups in total. The number of hydrogen-bond acceptors (Lipinski definition) is 3. The van der Waals surface area contributed by atoms with Crippen molar-refractivity contribution in [1.82, 2.24) is 19.5 Å². The Labute approximate surface area is 86.6 Å². The van der Waals surface area contributed by atoms with Crippen molar-refractivity contribution in [2.45, 2.75) is 13.8 Å². The van der Waals surface area contributed by atoms with Crippen molar-refractivity contribution < 1.29 is 0 Å². The molecule has 0 unspecified atom stereocenters. The fraction of sp³-hybridized carbons (Fsp3) is 0.222. The molecule has 0 aliphatic rings. The molecule has 14 heavy (non-hydrogen) atoms. The molecule has 0 fully saturated rings. The summed E-state index contributed by atoms with van der Waals surface area (Å²) in [5.41, 5.74) is 0.841. The van der Waals surface area contributed by atoms with E-state index in [0.717, 1.165) is 17.3 Å². The summed E-state index contributed by atoms with van der Waals surface area (Å²) in [5.74, 6) is 1.62. The normalized spacial score (nSPS) is 10.5. The van der Waals surface area contributed by atoms with Crippen LogP contribution in [0.3, 0.4) is 0 Å². The van der Waals surface area contributed by atoms with Crippen LogP contribution < -0.4 is 0 Å². The molecule has 0 aliphatic heterocycles. The SMILES string of the molecule is Cc1cc(-n2ccnc2C)nc(Cl)n1. The fourth-order valence-electron chi connectivity index (χ4n) is 1.26. The van der Waals surface area contributed by atoms with E-state index < -0.39 is 0 Å². The predicted molar refractivity (Wildman–Crippen MR) is 53.6 cm³/mol. The van der Waals surface area contributed by atoms with Crippen LogP contribution in [0.5, 0.6) is 0 Å². The van der Waals surface area contributed by atoms with Gasteiger partial charge in [-0.05, 0) is 25.4 Å². The number of nitrogens with zero attached hydrogens (tertiary/aromatic N) is 4. The summed E-state index contributed by atoms with van der Waals surface area (Å²) in [7, 11) is 0. The highest BCUT2D eigenvalue weighted by Crippen LogP contribution is 2.11. The number of aromatic nitrogens is 4. The van der Waals surface area contributed by atoms with E-state index in [-0.39, 0.29) is 5.28 Å². The molecule has 0 saturated heterocycles. The van der Waals surface area contributed by atoms with Crippen LogP contribution in [0.2, 0.25) is 5.28 Å². The van der Waals surface area contributed by atoms with Crippen LogP contribution in [0.4, 0.5) is 0 Å². The van der Waals surface area contributed by atoms with Crippen LogP contribution in [0.1, 0.15) is 11.5 Å². The highest BCUT2D eigenvalue weighted by molar-refractivity contribution is 6.28. The van der Waals surface area contributed by atoms with Crippen LogP contribution in [0.15, 0.2) is 18.5 Å². The minimum Gasteiger partial charge on any atom is -0.288 e. The molecular weight excluding hydrogens is 200 g/mol. The Morgan fingerprint density at radius 2 is 2.07 bits per heavy atom. The maximum absolute atomic E-state index is 5.76. The second kappa shape index (κ2) is 3.38. The highest BCUT2D eigenvalue weighted by Gasteiger charge is 2.04. The zero-order valence-corrected chi connectivity index (χ0v) is 8.65. The van der Waals surface area contributed by atoms with Gasteiger partial charge in [-0.1, -0.05) is 0 Å². The summed E-state index contributed by atoms with van der Waals surface area (Å²) in [6.07, 6.45) is 3.56. The minimum absolute atomic E-state index is 0.258. The molecule has 5 heteroatoms. The molecular formula is C9H9ClN4. The van der Waals surface area contributed by atoms with E-state index in [1.54, 1.807) is 6.20 Å². The van der Waals surface area contributed by atoms with E-state index in [1.807, 2.05) is 30.7 Å². The van der Waals surface area contributed by atoms with Gasteiger partial charge in [-0.3, -0.25) is 4.57 Å². The maximum atomic E-state index is 5.76. The van der Waals surface area contributed by atoms with Crippen LogP contribution in [0.25, 0.3) is 5.82 Å². The van der Waals surface area contributed by atoms with Gasteiger partial charge in [0.1, 0.15) is 11.6 Å². The molecule has 0 spiro atoms. The van der Waals surface area contributed by atoms with Gasteiger partial charge in [0.05, 0.1) is 0 Å². The fourth-order valence-corrected chi connectivity index (χ4v) is 1.48. The van der Waals surface area contributed by atoms with Gasteiger partial charge in [-0.25, -0.2) is 9.97 Å². The Hall–Kier alpha value is -1.42. The van der Waals surface area contributed by atoms with Gasteiger partial charge < -0.3 is 0 Å². The molecule has 0 radical (unpaired) electrons. The molecule has 0 aromatic carbocycles. The summed E-state index contributed by atoms with van der Waals surface area (Å²) in [6.45, 7) is 3.79. The van der Waals surface area contributed by atoms with Gasteiger partial charge in [0.2, 0.25) is 5.28 Å². The molecule has 2 heterocycles. The third-order valence-corrected chi connectivity index (χ3v) is 2.06. The number of imidazole rings is 1. The first-order chi connectivity index (χ1) is 6.66. The van der Waals surface area contributed by atoms with Gasteiger partial charge in [-0.2, -0.15) is 4.98 Å². The number of hydrogen-bond donors (Lipinski definition) is 0. The van der Waals surface area contributed by atoms with Gasteiger partial charge in [0.15, 0.2) is 0 Å². The first-order valence-corrected chi connectivity index (χ1v) is 4.56. The van der Waals surface area contributed by atoms with Crippen LogP contribution >= 0.6 is 11.6 Å². The van der Waals surface area contributed by atoms with E-state index in [2.05, 4.69) is 15.0 Å². The molecule has 2 aromatic heterocycles. The van der Waals surface area contributed by atoms with Crippen LogP contribution in [-0.2, 0) is 0 Å². The van der Waals surface area contributed by atoms with Crippen LogP contribution in [0, 0.1) is 13.8 Å². The molecule has 0 atom stereocenters. The van der Waals surface area contributed by atoms with Gasteiger partial charge in [-0.15, -0.1) is 0 Å². The zero-order chi connectivity index (χ0) is 10.1. The predicted octanol–water partition coefficient (Wildman–Crippen LogP) is 1.93. The molecule has 2 aromatic rings. The van der Waals surface area contributed by atoms with Gasteiger partial charge in [0.25, 0.3) is 0 Å². The topological polar surface area (TPSA) is 43.6 Å². The van der Waals surface area contributed by atoms with Gasteiger partial charge in [0, 0.05) is 24.2 Å². The number of aryl methyl sites for hydroxylation is 2. The zero-order valence-electron chi connectivity index (χ0n) is 7.90. The lowest BCUT2D eigenvalue weighted by molar-refractivity contribution is 0.912. The third kappa shape index (κ3) is 1.61. The van der Waals surface area contributed by atoms with Crippen molar-refractivity contribution in [1.29, 1.82) is 0 Å². The lowest BCUT2D eigenvalue weighted by Gasteiger charge is -2.04. The van der Waals surface area contributed by atoms with Crippen molar-refractivity contribution in [3.63, 3.8) is 0 Å². The Morgan fingerprint density at radius 3 is 2.64 bits per heavy atom. The Balaban J connectivity index is 2.57. The standard InChI is InChI=1S/C9H9ClN4/c1-6-5-8(13-9(10)12-6)14-4-3-11-7(14)2/h3-5H,1-2H3. The minimum atomic E-state index is 0.258. The van der Waals surface area contributed by atoms with Crippen molar-refractivity contribution in [3.8, 4) is 5.82 Å². The monoisotopic (exact) mass is 208 g/mol. The van der Waals surface area contributed by atoms with E-state index >= 15 is 0 Å². The third-order valence-electron chi connectivity index (χ3n) is 1.89. The largest absolute Gasteiger partial charge is 0.288 e. The summed E-state index contributed by atoms with van der Waals surface area (Å²) in [4.78, 5) is 12.2. The lowest BCUT2D eigenvalue weighted by Crippen LogP contribution is -2.01. The molecule has 0 saturated carbocycles.